The molecule has 0 saturated carbocycles. The summed E-state index contributed by atoms with van der Waals surface area (Å²) in [6, 6.07) is 13.4. The predicted molar refractivity (Wildman–Crippen MR) is 104 cm³/mol. The second-order valence-corrected chi connectivity index (χ2v) is 7.65. The smallest absolute Gasteiger partial charge is 0.253 e. The number of hydrogen-bond donors (Lipinski definition) is 0. The SMILES string of the molecule is Cc1cccc2sc(N3CCN(C(=O)c4ccc(Cl)cc4)CC3)nc12. The standard InChI is InChI=1S/C19H18ClN3OS/c1-13-3-2-4-16-17(13)21-19(25-16)23-11-9-22(10-12-23)18(24)14-5-7-15(20)8-6-14/h2-8H,9-12H2,1H3. The van der Waals surface area contributed by atoms with Crippen molar-refractivity contribution < 1.29 is 4.79 Å². The van der Waals surface area contributed by atoms with Crippen LogP contribution in [-0.2, 0) is 0 Å². The lowest BCUT2D eigenvalue weighted by Crippen LogP contribution is -2.48. The summed E-state index contributed by atoms with van der Waals surface area (Å²) in [5.74, 6) is 0.0662. The molecule has 2 heterocycles. The monoisotopic (exact) mass is 371 g/mol. The number of halogens is 1. The first-order chi connectivity index (χ1) is 12.1. The summed E-state index contributed by atoms with van der Waals surface area (Å²) in [5.41, 5.74) is 2.98. The zero-order chi connectivity index (χ0) is 17.4. The van der Waals surface area contributed by atoms with Gasteiger partial charge in [0, 0.05) is 36.8 Å². The van der Waals surface area contributed by atoms with Crippen LogP contribution in [0.3, 0.4) is 0 Å². The number of thiazole rings is 1. The third kappa shape index (κ3) is 3.22. The molecule has 0 N–H and O–H groups in total. The zero-order valence-corrected chi connectivity index (χ0v) is 15.5. The van der Waals surface area contributed by atoms with Gasteiger partial charge in [-0.2, -0.15) is 0 Å². The maximum absolute atomic E-state index is 12.6. The van der Waals surface area contributed by atoms with Crippen molar-refractivity contribution in [2.45, 2.75) is 6.92 Å². The Morgan fingerprint density at radius 1 is 1.08 bits per heavy atom. The maximum Gasteiger partial charge on any atom is 0.253 e. The van der Waals surface area contributed by atoms with E-state index < -0.39 is 0 Å². The van der Waals surface area contributed by atoms with E-state index in [1.165, 1.54) is 10.3 Å². The molecule has 1 aliphatic heterocycles. The van der Waals surface area contributed by atoms with Gasteiger partial charge in [-0.3, -0.25) is 4.79 Å². The molecule has 0 aliphatic carbocycles. The van der Waals surface area contributed by atoms with Crippen LogP contribution in [0.25, 0.3) is 10.2 Å². The van der Waals surface area contributed by atoms with E-state index in [2.05, 4.69) is 30.0 Å². The summed E-state index contributed by atoms with van der Waals surface area (Å²) in [7, 11) is 0. The van der Waals surface area contributed by atoms with Crippen LogP contribution >= 0.6 is 22.9 Å². The second kappa shape index (κ2) is 6.65. The molecule has 1 aliphatic rings. The lowest BCUT2D eigenvalue weighted by atomic mass is 10.2. The van der Waals surface area contributed by atoms with Crippen molar-refractivity contribution in [3.05, 3.63) is 58.6 Å². The highest BCUT2D eigenvalue weighted by Gasteiger charge is 2.24. The average Bonchev–Trinajstić information content (AvgIpc) is 3.08. The summed E-state index contributed by atoms with van der Waals surface area (Å²) in [6.07, 6.45) is 0. The highest BCUT2D eigenvalue weighted by atomic mass is 35.5. The molecule has 1 fully saturated rings. The molecule has 6 heteroatoms. The van der Waals surface area contributed by atoms with Crippen LogP contribution < -0.4 is 4.90 Å². The zero-order valence-electron chi connectivity index (χ0n) is 13.9. The minimum atomic E-state index is 0.0662. The van der Waals surface area contributed by atoms with E-state index in [1.807, 2.05) is 4.90 Å². The molecule has 4 nitrogen and oxygen atoms in total. The number of rotatable bonds is 2. The Morgan fingerprint density at radius 3 is 2.48 bits per heavy atom. The van der Waals surface area contributed by atoms with Crippen molar-refractivity contribution >= 4 is 44.2 Å². The number of para-hydroxylation sites is 1. The number of piperazine rings is 1. The van der Waals surface area contributed by atoms with Gasteiger partial charge in [-0.25, -0.2) is 4.98 Å². The van der Waals surface area contributed by atoms with E-state index in [0.29, 0.717) is 23.7 Å². The van der Waals surface area contributed by atoms with E-state index in [9.17, 15) is 4.79 Å². The fourth-order valence-electron chi connectivity index (χ4n) is 3.09. The minimum Gasteiger partial charge on any atom is -0.345 e. The van der Waals surface area contributed by atoms with Gasteiger partial charge in [0.2, 0.25) is 0 Å². The number of anilines is 1. The summed E-state index contributed by atoms with van der Waals surface area (Å²) < 4.78 is 1.22. The van der Waals surface area contributed by atoms with Gasteiger partial charge in [0.1, 0.15) is 0 Å². The lowest BCUT2D eigenvalue weighted by molar-refractivity contribution is 0.0747. The Morgan fingerprint density at radius 2 is 1.80 bits per heavy atom. The number of aromatic nitrogens is 1. The van der Waals surface area contributed by atoms with Crippen molar-refractivity contribution in [2.24, 2.45) is 0 Å². The molecular formula is C19H18ClN3OS. The summed E-state index contributed by atoms with van der Waals surface area (Å²) >= 11 is 7.62. The predicted octanol–water partition coefficient (Wildman–Crippen LogP) is 4.22. The molecular weight excluding hydrogens is 354 g/mol. The van der Waals surface area contributed by atoms with Crippen LogP contribution in [0.4, 0.5) is 5.13 Å². The summed E-state index contributed by atoms with van der Waals surface area (Å²) in [4.78, 5) is 21.6. The van der Waals surface area contributed by atoms with Crippen molar-refractivity contribution in [3.8, 4) is 0 Å². The third-order valence-electron chi connectivity index (χ3n) is 4.54. The van der Waals surface area contributed by atoms with Crippen LogP contribution in [-0.4, -0.2) is 42.0 Å². The summed E-state index contributed by atoms with van der Waals surface area (Å²) in [6.45, 7) is 5.11. The van der Waals surface area contributed by atoms with Gasteiger partial charge in [-0.05, 0) is 42.8 Å². The molecule has 4 rings (SSSR count). The number of fused-ring (bicyclic) bond motifs is 1. The molecule has 1 aromatic heterocycles. The van der Waals surface area contributed by atoms with Crippen LogP contribution in [0, 0.1) is 6.92 Å². The van der Waals surface area contributed by atoms with Crippen LogP contribution in [0.1, 0.15) is 15.9 Å². The van der Waals surface area contributed by atoms with E-state index in [1.54, 1.807) is 35.6 Å². The maximum atomic E-state index is 12.6. The number of nitrogens with zero attached hydrogens (tertiary/aromatic N) is 3. The van der Waals surface area contributed by atoms with Gasteiger partial charge in [-0.1, -0.05) is 35.1 Å². The molecule has 3 aromatic rings. The quantitative estimate of drug-likeness (QED) is 0.676. The van der Waals surface area contributed by atoms with Gasteiger partial charge in [0.15, 0.2) is 5.13 Å². The fraction of sp³-hybridized carbons (Fsp3) is 0.263. The fourth-order valence-corrected chi connectivity index (χ4v) is 4.31. The normalized spacial score (nSPS) is 15.0. The Kier molecular flexibility index (Phi) is 4.36. The van der Waals surface area contributed by atoms with E-state index in [-0.39, 0.29) is 5.91 Å². The van der Waals surface area contributed by atoms with Gasteiger partial charge < -0.3 is 9.80 Å². The van der Waals surface area contributed by atoms with Crippen LogP contribution in [0.15, 0.2) is 42.5 Å². The van der Waals surface area contributed by atoms with Crippen molar-refractivity contribution in [3.63, 3.8) is 0 Å². The largest absolute Gasteiger partial charge is 0.345 e. The van der Waals surface area contributed by atoms with Crippen molar-refractivity contribution in [1.29, 1.82) is 0 Å². The van der Waals surface area contributed by atoms with Crippen molar-refractivity contribution in [1.82, 2.24) is 9.88 Å². The van der Waals surface area contributed by atoms with E-state index >= 15 is 0 Å². The molecule has 0 radical (unpaired) electrons. The number of benzene rings is 2. The number of carbonyl (C=O) groups is 1. The van der Waals surface area contributed by atoms with Crippen molar-refractivity contribution in [2.75, 3.05) is 31.1 Å². The van der Waals surface area contributed by atoms with Gasteiger partial charge >= 0.3 is 0 Å². The summed E-state index contributed by atoms with van der Waals surface area (Å²) in [5, 5.41) is 1.69. The lowest BCUT2D eigenvalue weighted by Gasteiger charge is -2.34. The number of hydrogen-bond acceptors (Lipinski definition) is 4. The number of aryl methyl sites for hydroxylation is 1. The molecule has 2 aromatic carbocycles. The number of amides is 1. The highest BCUT2D eigenvalue weighted by molar-refractivity contribution is 7.22. The molecule has 0 spiro atoms. The molecule has 1 amide bonds. The van der Waals surface area contributed by atoms with E-state index in [0.717, 1.165) is 23.7 Å². The molecule has 1 saturated heterocycles. The Labute approximate surface area is 155 Å². The second-order valence-electron chi connectivity index (χ2n) is 6.20. The highest BCUT2D eigenvalue weighted by Crippen LogP contribution is 2.31. The number of carbonyl (C=O) groups excluding carboxylic acids is 1. The topological polar surface area (TPSA) is 36.4 Å². The third-order valence-corrected chi connectivity index (χ3v) is 5.87. The first kappa shape index (κ1) is 16.4. The van der Waals surface area contributed by atoms with Gasteiger partial charge in [0.25, 0.3) is 5.91 Å². The van der Waals surface area contributed by atoms with E-state index in [4.69, 9.17) is 16.6 Å². The molecule has 0 bridgehead atoms. The Hall–Kier alpha value is -2.11. The molecule has 25 heavy (non-hydrogen) atoms. The molecule has 0 unspecified atom stereocenters. The Bertz CT molecular complexity index is 914. The molecule has 0 atom stereocenters. The van der Waals surface area contributed by atoms with Crippen LogP contribution in [0.5, 0.6) is 0 Å². The molecule has 128 valence electrons. The first-order valence-corrected chi connectivity index (χ1v) is 9.47. The first-order valence-electron chi connectivity index (χ1n) is 8.28. The van der Waals surface area contributed by atoms with Gasteiger partial charge in [0.05, 0.1) is 10.2 Å². The average molecular weight is 372 g/mol. The van der Waals surface area contributed by atoms with Crippen LogP contribution in [0.2, 0.25) is 5.02 Å². The minimum absolute atomic E-state index is 0.0662. The Balaban J connectivity index is 1.46. The van der Waals surface area contributed by atoms with Gasteiger partial charge in [-0.15, -0.1) is 0 Å².